The molecule has 1 N–H and O–H groups in total. The predicted molar refractivity (Wildman–Crippen MR) is 102 cm³/mol. The lowest BCUT2D eigenvalue weighted by atomic mass is 10.0. The molecule has 0 radical (unpaired) electrons. The minimum absolute atomic E-state index is 0.295. The van der Waals surface area contributed by atoms with Gasteiger partial charge in [0.05, 0.1) is 11.2 Å². The second-order valence-corrected chi connectivity index (χ2v) is 7.19. The fraction of sp³-hybridized carbons (Fsp3) is 0.158. The Morgan fingerprint density at radius 3 is 2.54 bits per heavy atom. The van der Waals surface area contributed by atoms with Crippen molar-refractivity contribution in [2.45, 2.75) is 19.8 Å². The molecule has 1 amide bonds. The summed E-state index contributed by atoms with van der Waals surface area (Å²) >= 11 is 7.66. The molecule has 122 valence electrons. The first-order valence-electron chi connectivity index (χ1n) is 7.66. The van der Waals surface area contributed by atoms with Crippen LogP contribution < -0.4 is 5.43 Å². The molecule has 3 nitrogen and oxygen atoms in total. The number of hydrazone groups is 1. The SMILES string of the molecule is CC(C)c1ccc(C=NNC(=O)c2sc3ccccc3c2Cl)cc1. The summed E-state index contributed by atoms with van der Waals surface area (Å²) in [4.78, 5) is 12.7. The molecule has 0 spiro atoms. The van der Waals surface area contributed by atoms with E-state index in [1.807, 2.05) is 36.4 Å². The Bertz CT molecular complexity index is 897. The monoisotopic (exact) mass is 356 g/mol. The molecule has 0 atom stereocenters. The number of nitrogens with one attached hydrogen (secondary N) is 1. The topological polar surface area (TPSA) is 41.5 Å². The normalized spacial score (nSPS) is 11.5. The number of amides is 1. The summed E-state index contributed by atoms with van der Waals surface area (Å²) in [6, 6.07) is 15.8. The molecule has 0 fully saturated rings. The summed E-state index contributed by atoms with van der Waals surface area (Å²) < 4.78 is 0.987. The number of hydrogen-bond donors (Lipinski definition) is 1. The molecule has 0 aliphatic carbocycles. The van der Waals surface area contributed by atoms with Gasteiger partial charge < -0.3 is 0 Å². The van der Waals surface area contributed by atoms with Gasteiger partial charge in [0.2, 0.25) is 0 Å². The highest BCUT2D eigenvalue weighted by Gasteiger charge is 2.16. The number of nitrogens with zero attached hydrogens (tertiary/aromatic N) is 1. The summed E-state index contributed by atoms with van der Waals surface area (Å²) in [6.45, 7) is 4.30. The summed E-state index contributed by atoms with van der Waals surface area (Å²) in [6.07, 6.45) is 1.63. The zero-order chi connectivity index (χ0) is 17.1. The Morgan fingerprint density at radius 1 is 1.17 bits per heavy atom. The van der Waals surface area contributed by atoms with Gasteiger partial charge in [-0.1, -0.05) is 67.9 Å². The number of halogens is 1. The first-order valence-corrected chi connectivity index (χ1v) is 8.86. The molecule has 0 aliphatic heterocycles. The van der Waals surface area contributed by atoms with Crippen molar-refractivity contribution in [1.82, 2.24) is 5.43 Å². The van der Waals surface area contributed by atoms with Crippen LogP contribution in [0.4, 0.5) is 0 Å². The number of thiophene rings is 1. The molecule has 5 heteroatoms. The zero-order valence-electron chi connectivity index (χ0n) is 13.4. The van der Waals surface area contributed by atoms with Crippen LogP contribution in [0.3, 0.4) is 0 Å². The maximum Gasteiger partial charge on any atom is 0.283 e. The Balaban J connectivity index is 1.71. The number of carbonyl (C=O) groups excluding carboxylic acids is 1. The van der Waals surface area contributed by atoms with Crippen molar-refractivity contribution >= 4 is 45.1 Å². The van der Waals surface area contributed by atoms with Crippen LogP contribution >= 0.6 is 22.9 Å². The van der Waals surface area contributed by atoms with E-state index in [0.29, 0.717) is 15.8 Å². The van der Waals surface area contributed by atoms with Gasteiger partial charge in [0.25, 0.3) is 5.91 Å². The van der Waals surface area contributed by atoms with Crippen LogP contribution in [-0.4, -0.2) is 12.1 Å². The van der Waals surface area contributed by atoms with E-state index in [9.17, 15) is 4.79 Å². The van der Waals surface area contributed by atoms with E-state index in [1.54, 1.807) is 6.21 Å². The van der Waals surface area contributed by atoms with Gasteiger partial charge in [-0.25, -0.2) is 5.43 Å². The maximum atomic E-state index is 12.3. The third-order valence-electron chi connectivity index (χ3n) is 3.72. The van der Waals surface area contributed by atoms with Crippen LogP contribution in [-0.2, 0) is 0 Å². The van der Waals surface area contributed by atoms with Gasteiger partial charge in [-0.2, -0.15) is 5.10 Å². The van der Waals surface area contributed by atoms with Gasteiger partial charge in [-0.05, 0) is 23.1 Å². The van der Waals surface area contributed by atoms with E-state index >= 15 is 0 Å². The number of fused-ring (bicyclic) bond motifs is 1. The van der Waals surface area contributed by atoms with Crippen molar-refractivity contribution < 1.29 is 4.79 Å². The molecule has 1 aromatic heterocycles. The first-order chi connectivity index (χ1) is 11.6. The highest BCUT2D eigenvalue weighted by atomic mass is 35.5. The van der Waals surface area contributed by atoms with Crippen molar-refractivity contribution in [3.8, 4) is 0 Å². The van der Waals surface area contributed by atoms with Crippen LogP contribution in [0.2, 0.25) is 5.02 Å². The quantitative estimate of drug-likeness (QED) is 0.490. The largest absolute Gasteiger partial charge is 0.283 e. The number of benzene rings is 2. The standard InChI is InChI=1S/C19H17ClN2OS/c1-12(2)14-9-7-13(8-10-14)11-21-22-19(23)18-17(20)15-5-3-4-6-16(15)24-18/h3-12H,1-2H3,(H,22,23). The Morgan fingerprint density at radius 2 is 1.88 bits per heavy atom. The van der Waals surface area contributed by atoms with Crippen molar-refractivity contribution in [3.05, 3.63) is 69.6 Å². The highest BCUT2D eigenvalue weighted by molar-refractivity contribution is 7.21. The fourth-order valence-electron chi connectivity index (χ4n) is 2.34. The Hall–Kier alpha value is -2.17. The van der Waals surface area contributed by atoms with Crippen molar-refractivity contribution in [2.75, 3.05) is 0 Å². The smallest absolute Gasteiger partial charge is 0.266 e. The van der Waals surface area contributed by atoms with Gasteiger partial charge in [-0.15, -0.1) is 11.3 Å². The van der Waals surface area contributed by atoms with Crippen LogP contribution in [0, 0.1) is 0 Å². The van der Waals surface area contributed by atoms with E-state index in [2.05, 4.69) is 36.5 Å². The number of carbonyl (C=O) groups is 1. The molecular weight excluding hydrogens is 340 g/mol. The zero-order valence-corrected chi connectivity index (χ0v) is 15.0. The number of rotatable bonds is 4. The summed E-state index contributed by atoms with van der Waals surface area (Å²) in [5.41, 5.74) is 4.75. The first kappa shape index (κ1) is 16.7. The van der Waals surface area contributed by atoms with E-state index in [0.717, 1.165) is 15.6 Å². The average Bonchev–Trinajstić information content (AvgIpc) is 2.93. The second-order valence-electron chi connectivity index (χ2n) is 5.76. The lowest BCUT2D eigenvalue weighted by Gasteiger charge is -2.04. The van der Waals surface area contributed by atoms with Crippen LogP contribution in [0.25, 0.3) is 10.1 Å². The van der Waals surface area contributed by atoms with E-state index in [4.69, 9.17) is 11.6 Å². The third-order valence-corrected chi connectivity index (χ3v) is 5.40. The van der Waals surface area contributed by atoms with Gasteiger partial charge in [-0.3, -0.25) is 4.79 Å². The fourth-order valence-corrected chi connectivity index (χ4v) is 3.75. The predicted octanol–water partition coefficient (Wildman–Crippen LogP) is 5.44. The van der Waals surface area contributed by atoms with E-state index < -0.39 is 0 Å². The molecule has 3 aromatic rings. The summed E-state index contributed by atoms with van der Waals surface area (Å²) in [7, 11) is 0. The lowest BCUT2D eigenvalue weighted by Crippen LogP contribution is -2.16. The lowest BCUT2D eigenvalue weighted by molar-refractivity contribution is 0.0959. The van der Waals surface area contributed by atoms with Gasteiger partial charge in [0.1, 0.15) is 4.88 Å². The minimum atomic E-state index is -0.295. The van der Waals surface area contributed by atoms with Gasteiger partial charge >= 0.3 is 0 Å². The molecule has 0 saturated carbocycles. The van der Waals surface area contributed by atoms with Gasteiger partial charge in [0, 0.05) is 10.1 Å². The highest BCUT2D eigenvalue weighted by Crippen LogP contribution is 2.34. The van der Waals surface area contributed by atoms with E-state index in [-0.39, 0.29) is 5.91 Å². The van der Waals surface area contributed by atoms with Crippen LogP contribution in [0.1, 0.15) is 40.6 Å². The minimum Gasteiger partial charge on any atom is -0.266 e. The molecule has 24 heavy (non-hydrogen) atoms. The van der Waals surface area contributed by atoms with Crippen molar-refractivity contribution in [1.29, 1.82) is 0 Å². The van der Waals surface area contributed by atoms with Crippen LogP contribution in [0.15, 0.2) is 53.6 Å². The molecule has 3 rings (SSSR count). The maximum absolute atomic E-state index is 12.3. The number of hydrogen-bond acceptors (Lipinski definition) is 3. The van der Waals surface area contributed by atoms with Crippen LogP contribution in [0.5, 0.6) is 0 Å². The van der Waals surface area contributed by atoms with Crippen molar-refractivity contribution in [2.24, 2.45) is 5.10 Å². The Kier molecular flexibility index (Phi) is 4.97. The molecule has 0 bridgehead atoms. The molecular formula is C19H17ClN2OS. The molecule has 0 unspecified atom stereocenters. The molecule has 1 heterocycles. The molecule has 0 saturated heterocycles. The van der Waals surface area contributed by atoms with Crippen molar-refractivity contribution in [3.63, 3.8) is 0 Å². The average molecular weight is 357 g/mol. The molecule has 2 aromatic carbocycles. The third kappa shape index (κ3) is 3.50. The second kappa shape index (κ2) is 7.16. The van der Waals surface area contributed by atoms with E-state index in [1.165, 1.54) is 16.9 Å². The Labute approximate surface area is 150 Å². The summed E-state index contributed by atoms with van der Waals surface area (Å²) in [5.74, 6) is 0.196. The molecule has 0 aliphatic rings. The summed E-state index contributed by atoms with van der Waals surface area (Å²) in [5, 5.41) is 5.39. The van der Waals surface area contributed by atoms with Gasteiger partial charge in [0.15, 0.2) is 0 Å².